The molecule has 14 heavy (non-hydrogen) atoms. The fourth-order valence-electron chi connectivity index (χ4n) is 0.998. The van der Waals surface area contributed by atoms with Gasteiger partial charge in [0.15, 0.2) is 0 Å². The number of benzene rings is 1. The number of halogens is 3. The van der Waals surface area contributed by atoms with Crippen LogP contribution in [0.5, 0.6) is 0 Å². The first-order valence-electron chi connectivity index (χ1n) is 4.07. The second-order valence-corrected chi connectivity index (χ2v) is 5.30. The van der Waals surface area contributed by atoms with E-state index in [-0.39, 0.29) is 0 Å². The molecule has 1 nitrogen and oxygen atoms in total. The first-order valence-corrected chi connectivity index (χ1v) is 6.04. The van der Waals surface area contributed by atoms with Gasteiger partial charge in [0, 0.05) is 27.1 Å². The molecule has 1 aromatic rings. The van der Waals surface area contributed by atoms with Gasteiger partial charge in [0.25, 0.3) is 0 Å². The van der Waals surface area contributed by atoms with E-state index in [1.165, 1.54) is 0 Å². The van der Waals surface area contributed by atoms with Gasteiger partial charge in [0.2, 0.25) is 0 Å². The maximum Gasteiger partial charge on any atom is 0.0462 e. The third-order valence-corrected chi connectivity index (χ3v) is 2.77. The van der Waals surface area contributed by atoms with Crippen molar-refractivity contribution in [1.29, 1.82) is 0 Å². The van der Waals surface area contributed by atoms with Gasteiger partial charge in [-0.2, -0.15) is 0 Å². The highest BCUT2D eigenvalue weighted by atomic mass is 79.9. The minimum absolute atomic E-state index is 0.742. The van der Waals surface area contributed by atoms with Gasteiger partial charge < -0.3 is 5.32 Å². The SMILES string of the molecule is C=C(Br)CNCc1ccc(Br)cc1Cl. The summed E-state index contributed by atoms with van der Waals surface area (Å²) in [6, 6.07) is 5.86. The molecule has 0 aliphatic rings. The summed E-state index contributed by atoms with van der Waals surface area (Å²) in [6.45, 7) is 5.23. The molecule has 0 saturated heterocycles. The summed E-state index contributed by atoms with van der Waals surface area (Å²) in [4.78, 5) is 0. The second-order valence-electron chi connectivity index (χ2n) is 2.86. The lowest BCUT2D eigenvalue weighted by Crippen LogP contribution is -2.14. The Morgan fingerprint density at radius 3 is 2.79 bits per heavy atom. The van der Waals surface area contributed by atoms with E-state index in [2.05, 4.69) is 43.8 Å². The van der Waals surface area contributed by atoms with E-state index in [9.17, 15) is 0 Å². The summed E-state index contributed by atoms with van der Waals surface area (Å²) in [6.07, 6.45) is 0. The van der Waals surface area contributed by atoms with E-state index >= 15 is 0 Å². The topological polar surface area (TPSA) is 12.0 Å². The molecule has 0 bridgehead atoms. The third-order valence-electron chi connectivity index (χ3n) is 1.65. The molecule has 0 amide bonds. The molecule has 1 aromatic carbocycles. The van der Waals surface area contributed by atoms with Crippen molar-refractivity contribution >= 4 is 43.5 Å². The molecule has 0 unspecified atom stereocenters. The smallest absolute Gasteiger partial charge is 0.0462 e. The van der Waals surface area contributed by atoms with Crippen LogP contribution >= 0.6 is 43.5 Å². The summed E-state index contributed by atoms with van der Waals surface area (Å²) in [5.74, 6) is 0. The number of nitrogens with one attached hydrogen (secondary N) is 1. The highest BCUT2D eigenvalue weighted by Gasteiger charge is 2.00. The fraction of sp³-hybridized carbons (Fsp3) is 0.200. The van der Waals surface area contributed by atoms with Crippen LogP contribution in [0, 0.1) is 0 Å². The zero-order valence-electron chi connectivity index (χ0n) is 7.49. The van der Waals surface area contributed by atoms with E-state index in [4.69, 9.17) is 11.6 Å². The Balaban J connectivity index is 2.55. The summed E-state index contributed by atoms with van der Waals surface area (Å²) in [5.41, 5.74) is 1.09. The lowest BCUT2D eigenvalue weighted by atomic mass is 10.2. The zero-order chi connectivity index (χ0) is 10.6. The Morgan fingerprint density at radius 2 is 2.21 bits per heavy atom. The van der Waals surface area contributed by atoms with Crippen LogP contribution in [0.25, 0.3) is 0 Å². The molecule has 1 rings (SSSR count). The monoisotopic (exact) mass is 337 g/mol. The molecular formula is C10H10Br2ClN. The van der Waals surface area contributed by atoms with Gasteiger partial charge in [0.05, 0.1) is 0 Å². The molecule has 1 N–H and O–H groups in total. The highest BCUT2D eigenvalue weighted by Crippen LogP contribution is 2.21. The number of hydrogen-bond donors (Lipinski definition) is 1. The minimum Gasteiger partial charge on any atom is -0.308 e. The quantitative estimate of drug-likeness (QED) is 0.871. The zero-order valence-corrected chi connectivity index (χ0v) is 11.4. The molecule has 0 saturated carbocycles. The maximum absolute atomic E-state index is 6.04. The summed E-state index contributed by atoms with van der Waals surface area (Å²) < 4.78 is 1.93. The van der Waals surface area contributed by atoms with Crippen molar-refractivity contribution in [3.8, 4) is 0 Å². The minimum atomic E-state index is 0.742. The van der Waals surface area contributed by atoms with Gasteiger partial charge in [-0.25, -0.2) is 0 Å². The maximum atomic E-state index is 6.04. The van der Waals surface area contributed by atoms with Gasteiger partial charge in [-0.05, 0) is 17.7 Å². The number of hydrogen-bond acceptors (Lipinski definition) is 1. The highest BCUT2D eigenvalue weighted by molar-refractivity contribution is 9.11. The van der Waals surface area contributed by atoms with E-state index < -0.39 is 0 Å². The average Bonchev–Trinajstić information content (AvgIpc) is 2.08. The van der Waals surface area contributed by atoms with Crippen molar-refractivity contribution < 1.29 is 0 Å². The van der Waals surface area contributed by atoms with Crippen molar-refractivity contribution in [3.05, 3.63) is 44.3 Å². The normalized spacial score (nSPS) is 10.2. The van der Waals surface area contributed by atoms with Crippen LogP contribution in [0.3, 0.4) is 0 Å². The fourth-order valence-corrected chi connectivity index (χ4v) is 1.94. The lowest BCUT2D eigenvalue weighted by Gasteiger charge is -2.06. The largest absolute Gasteiger partial charge is 0.308 e. The van der Waals surface area contributed by atoms with E-state index in [1.54, 1.807) is 0 Å². The molecule has 76 valence electrons. The molecule has 0 spiro atoms. The van der Waals surface area contributed by atoms with Crippen molar-refractivity contribution in [3.63, 3.8) is 0 Å². The Morgan fingerprint density at radius 1 is 1.50 bits per heavy atom. The Bertz CT molecular complexity index is 339. The predicted octanol–water partition coefficient (Wildman–Crippen LogP) is 4.10. The molecule has 0 fully saturated rings. The Kier molecular flexibility index (Phi) is 5.17. The number of rotatable bonds is 4. The average molecular weight is 339 g/mol. The van der Waals surface area contributed by atoms with Crippen molar-refractivity contribution in [1.82, 2.24) is 5.32 Å². The van der Waals surface area contributed by atoms with E-state index in [0.717, 1.165) is 32.6 Å². The molecule has 0 aromatic heterocycles. The summed E-state index contributed by atoms with van der Waals surface area (Å²) in [5, 5.41) is 3.99. The first-order chi connectivity index (χ1) is 6.59. The first kappa shape index (κ1) is 12.2. The Hall–Kier alpha value is 0.170. The Labute approximate surface area is 106 Å². The van der Waals surface area contributed by atoms with Gasteiger partial charge in [-0.1, -0.05) is 56.1 Å². The van der Waals surface area contributed by atoms with Crippen LogP contribution in [0.2, 0.25) is 5.02 Å². The van der Waals surface area contributed by atoms with Gasteiger partial charge in [-0.3, -0.25) is 0 Å². The van der Waals surface area contributed by atoms with Gasteiger partial charge in [-0.15, -0.1) is 0 Å². The van der Waals surface area contributed by atoms with Crippen LogP contribution in [0.15, 0.2) is 33.7 Å². The van der Waals surface area contributed by atoms with E-state index in [1.807, 2.05) is 18.2 Å². The molecule has 4 heteroatoms. The predicted molar refractivity (Wildman–Crippen MR) is 68.9 cm³/mol. The van der Waals surface area contributed by atoms with Crippen molar-refractivity contribution in [2.75, 3.05) is 6.54 Å². The molecule has 0 aliphatic heterocycles. The van der Waals surface area contributed by atoms with Crippen LogP contribution in [-0.2, 0) is 6.54 Å². The van der Waals surface area contributed by atoms with Crippen LogP contribution in [-0.4, -0.2) is 6.54 Å². The standard InChI is InChI=1S/C10H10Br2ClN/c1-7(11)5-14-6-8-2-3-9(12)4-10(8)13/h2-4,14H,1,5-6H2. The van der Waals surface area contributed by atoms with Crippen LogP contribution in [0.1, 0.15) is 5.56 Å². The van der Waals surface area contributed by atoms with Crippen molar-refractivity contribution in [2.45, 2.75) is 6.54 Å². The van der Waals surface area contributed by atoms with Crippen LogP contribution in [0.4, 0.5) is 0 Å². The molecule has 0 radical (unpaired) electrons. The lowest BCUT2D eigenvalue weighted by molar-refractivity contribution is 0.757. The third kappa shape index (κ3) is 4.13. The second kappa shape index (κ2) is 5.91. The van der Waals surface area contributed by atoms with Crippen molar-refractivity contribution in [2.24, 2.45) is 0 Å². The molecule has 0 aliphatic carbocycles. The summed E-state index contributed by atoms with van der Waals surface area (Å²) in [7, 11) is 0. The van der Waals surface area contributed by atoms with Gasteiger partial charge >= 0.3 is 0 Å². The molecular weight excluding hydrogens is 329 g/mol. The molecule has 0 atom stereocenters. The van der Waals surface area contributed by atoms with Crippen LogP contribution < -0.4 is 5.32 Å². The van der Waals surface area contributed by atoms with E-state index in [0.29, 0.717) is 0 Å². The summed E-state index contributed by atoms with van der Waals surface area (Å²) >= 11 is 12.7. The van der Waals surface area contributed by atoms with Gasteiger partial charge in [0.1, 0.15) is 0 Å². The molecule has 0 heterocycles.